The van der Waals surface area contributed by atoms with E-state index in [0.717, 1.165) is 0 Å². The minimum Gasteiger partial charge on any atom is -0.299 e. The predicted octanol–water partition coefficient (Wildman–Crippen LogP) is 2.42. The van der Waals surface area contributed by atoms with Gasteiger partial charge < -0.3 is 0 Å². The maximum atomic E-state index is 11.0. The van der Waals surface area contributed by atoms with Crippen LogP contribution < -0.4 is 5.56 Å². The maximum absolute atomic E-state index is 11.0. The van der Waals surface area contributed by atoms with Gasteiger partial charge in [-0.05, 0) is 30.4 Å². The van der Waals surface area contributed by atoms with Crippen molar-refractivity contribution < 1.29 is 0 Å². The van der Waals surface area contributed by atoms with Crippen LogP contribution in [0.3, 0.4) is 0 Å². The number of hydrogen-bond acceptors (Lipinski definition) is 3. The van der Waals surface area contributed by atoms with Crippen molar-refractivity contribution in [3.63, 3.8) is 0 Å². The van der Waals surface area contributed by atoms with Crippen molar-refractivity contribution in [2.24, 2.45) is 0 Å². The minimum absolute atomic E-state index is 0.258. The zero-order valence-corrected chi connectivity index (χ0v) is 10.0. The zero-order chi connectivity index (χ0) is 12.4. The number of aromatic nitrogens is 2. The van der Waals surface area contributed by atoms with Crippen molar-refractivity contribution >= 4 is 23.8 Å². The molecule has 0 unspecified atom stereocenters. The lowest BCUT2D eigenvalue weighted by atomic mass is 10.2. The molecule has 0 atom stereocenters. The van der Waals surface area contributed by atoms with Crippen LogP contribution in [0.5, 0.6) is 0 Å². The minimum atomic E-state index is -0.258. The molecule has 1 N–H and O–H groups in total. The molecule has 0 aliphatic heterocycles. The van der Waals surface area contributed by atoms with Gasteiger partial charge >= 0.3 is 0 Å². The Morgan fingerprint density at radius 3 is 2.76 bits per heavy atom. The van der Waals surface area contributed by atoms with Gasteiger partial charge in [0.2, 0.25) is 0 Å². The molecule has 4 nitrogen and oxygen atoms in total. The molecule has 1 heterocycles. The van der Waals surface area contributed by atoms with E-state index in [-0.39, 0.29) is 10.3 Å². The first-order chi connectivity index (χ1) is 8.11. The van der Waals surface area contributed by atoms with Crippen LogP contribution in [0.2, 0.25) is 5.02 Å². The summed E-state index contributed by atoms with van der Waals surface area (Å²) in [6.07, 6.45) is 1.55. The van der Waals surface area contributed by atoms with E-state index in [2.05, 4.69) is 4.98 Å². The number of halogens is 1. The van der Waals surface area contributed by atoms with Gasteiger partial charge in [0.1, 0.15) is 6.07 Å². The lowest BCUT2D eigenvalue weighted by Gasteiger charge is -2.06. The average Bonchev–Trinajstić information content (AvgIpc) is 2.29. The summed E-state index contributed by atoms with van der Waals surface area (Å²) in [7, 11) is 0. The normalized spacial score (nSPS) is 9.88. The summed E-state index contributed by atoms with van der Waals surface area (Å²) in [5, 5.41) is 9.11. The van der Waals surface area contributed by atoms with Crippen molar-refractivity contribution in [3.8, 4) is 11.8 Å². The number of aromatic amines is 1. The average molecular weight is 264 g/mol. The molecule has 0 radical (unpaired) electrons. The molecule has 0 aliphatic carbocycles. The molecule has 2 aromatic rings. The first kappa shape index (κ1) is 11.6. The molecule has 84 valence electrons. The van der Waals surface area contributed by atoms with Gasteiger partial charge in [-0.3, -0.25) is 14.3 Å². The summed E-state index contributed by atoms with van der Waals surface area (Å²) in [5.74, 6) is 0. The highest BCUT2D eigenvalue weighted by Gasteiger charge is 2.03. The molecule has 1 aromatic carbocycles. The first-order valence-electron chi connectivity index (χ1n) is 4.64. The number of hydrogen-bond donors (Lipinski definition) is 1. The van der Waals surface area contributed by atoms with E-state index in [1.807, 2.05) is 6.07 Å². The second-order valence-corrected chi connectivity index (χ2v) is 4.05. The third kappa shape index (κ3) is 2.28. The van der Waals surface area contributed by atoms with Crippen molar-refractivity contribution in [3.05, 3.63) is 56.2 Å². The summed E-state index contributed by atoms with van der Waals surface area (Å²) in [6.45, 7) is 0. The number of benzene rings is 1. The summed E-state index contributed by atoms with van der Waals surface area (Å²) >= 11 is 10.9. The molecule has 17 heavy (non-hydrogen) atoms. The molecule has 0 bridgehead atoms. The highest BCUT2D eigenvalue weighted by molar-refractivity contribution is 7.71. The molecule has 1 aromatic heterocycles. The highest BCUT2D eigenvalue weighted by atomic mass is 35.5. The van der Waals surface area contributed by atoms with E-state index < -0.39 is 0 Å². The van der Waals surface area contributed by atoms with Crippen LogP contribution >= 0.6 is 23.8 Å². The molecule has 0 saturated carbocycles. The number of nitrogens with zero attached hydrogens (tertiary/aromatic N) is 2. The van der Waals surface area contributed by atoms with E-state index in [1.165, 1.54) is 6.07 Å². The van der Waals surface area contributed by atoms with Crippen LogP contribution in [-0.4, -0.2) is 9.55 Å². The van der Waals surface area contributed by atoms with Gasteiger partial charge in [-0.25, -0.2) is 0 Å². The number of rotatable bonds is 1. The van der Waals surface area contributed by atoms with Gasteiger partial charge in [-0.15, -0.1) is 0 Å². The number of H-pyrrole nitrogens is 1. The fourth-order valence-corrected chi connectivity index (χ4v) is 1.85. The number of nitrogens with one attached hydrogen (secondary N) is 1. The second kappa shape index (κ2) is 4.53. The summed E-state index contributed by atoms with van der Waals surface area (Å²) in [4.78, 5) is 13.5. The van der Waals surface area contributed by atoms with Gasteiger partial charge in [-0.2, -0.15) is 5.26 Å². The standard InChI is InChI=1S/C11H6ClN3OS/c12-9-5-8(2-1-7(9)6-13)15-4-3-10(16)14-11(15)17/h1-5H,(H,14,16,17). The van der Waals surface area contributed by atoms with Gasteiger partial charge in [0.15, 0.2) is 4.77 Å². The Bertz CT molecular complexity index is 726. The van der Waals surface area contributed by atoms with Gasteiger partial charge in [0.05, 0.1) is 10.6 Å². The molecule has 0 amide bonds. The SMILES string of the molecule is N#Cc1ccc(-n2ccc(=O)[nH]c2=S)cc1Cl. The predicted molar refractivity (Wildman–Crippen MR) is 66.9 cm³/mol. The van der Waals surface area contributed by atoms with Crippen molar-refractivity contribution in [1.29, 1.82) is 5.26 Å². The van der Waals surface area contributed by atoms with Gasteiger partial charge in [0, 0.05) is 18.0 Å². The molecule has 0 aliphatic rings. The van der Waals surface area contributed by atoms with Crippen LogP contribution in [0, 0.1) is 16.1 Å². The topological polar surface area (TPSA) is 61.6 Å². The van der Waals surface area contributed by atoms with Crippen molar-refractivity contribution in [2.75, 3.05) is 0 Å². The molecule has 2 rings (SSSR count). The van der Waals surface area contributed by atoms with Crippen LogP contribution in [0.25, 0.3) is 5.69 Å². The van der Waals surface area contributed by atoms with E-state index >= 15 is 0 Å². The Morgan fingerprint density at radius 2 is 2.18 bits per heavy atom. The van der Waals surface area contributed by atoms with Crippen LogP contribution in [0.1, 0.15) is 5.56 Å². The maximum Gasteiger partial charge on any atom is 0.251 e. The lowest BCUT2D eigenvalue weighted by molar-refractivity contribution is 0.937. The third-order valence-electron chi connectivity index (χ3n) is 2.18. The molecular formula is C11H6ClN3OS. The fourth-order valence-electron chi connectivity index (χ4n) is 1.37. The summed E-state index contributed by atoms with van der Waals surface area (Å²) in [6, 6.07) is 8.26. The van der Waals surface area contributed by atoms with E-state index in [4.69, 9.17) is 29.1 Å². The molecule has 0 spiro atoms. The van der Waals surface area contributed by atoms with Crippen LogP contribution in [-0.2, 0) is 0 Å². The Kier molecular flexibility index (Phi) is 3.09. The second-order valence-electron chi connectivity index (χ2n) is 3.26. The highest BCUT2D eigenvalue weighted by Crippen LogP contribution is 2.19. The van der Waals surface area contributed by atoms with E-state index in [1.54, 1.807) is 29.0 Å². The molecule has 6 heteroatoms. The summed E-state index contributed by atoms with van der Waals surface area (Å²) < 4.78 is 1.88. The van der Waals surface area contributed by atoms with Crippen molar-refractivity contribution in [2.45, 2.75) is 0 Å². The number of nitriles is 1. The quantitative estimate of drug-likeness (QED) is 0.804. The Hall–Kier alpha value is -1.90. The summed E-state index contributed by atoms with van der Waals surface area (Å²) in [5.41, 5.74) is 0.826. The van der Waals surface area contributed by atoms with E-state index in [9.17, 15) is 4.79 Å². The Morgan fingerprint density at radius 1 is 1.41 bits per heavy atom. The van der Waals surface area contributed by atoms with E-state index in [0.29, 0.717) is 16.3 Å². The molecular weight excluding hydrogens is 258 g/mol. The molecule has 0 saturated heterocycles. The Labute approximate surface area is 107 Å². The third-order valence-corrected chi connectivity index (χ3v) is 2.79. The first-order valence-corrected chi connectivity index (χ1v) is 5.42. The monoisotopic (exact) mass is 263 g/mol. The largest absolute Gasteiger partial charge is 0.299 e. The van der Waals surface area contributed by atoms with Crippen LogP contribution in [0.4, 0.5) is 0 Å². The lowest BCUT2D eigenvalue weighted by Crippen LogP contribution is -2.09. The van der Waals surface area contributed by atoms with Crippen molar-refractivity contribution in [1.82, 2.24) is 9.55 Å². The fraction of sp³-hybridized carbons (Fsp3) is 0. The Balaban J connectivity index is 2.62. The van der Waals surface area contributed by atoms with Gasteiger partial charge in [0.25, 0.3) is 5.56 Å². The van der Waals surface area contributed by atoms with Crippen LogP contribution in [0.15, 0.2) is 35.3 Å². The smallest absolute Gasteiger partial charge is 0.251 e. The van der Waals surface area contributed by atoms with Gasteiger partial charge in [-0.1, -0.05) is 11.6 Å². The zero-order valence-electron chi connectivity index (χ0n) is 8.48. The molecule has 0 fully saturated rings.